The van der Waals surface area contributed by atoms with E-state index in [1.165, 1.54) is 30.6 Å². The quantitative estimate of drug-likeness (QED) is 0.827. The average molecular weight is 262 g/mol. The fraction of sp³-hybridized carbons (Fsp3) is 0.625. The molecule has 0 amide bonds. The molecule has 2 atom stereocenters. The molecule has 1 aromatic rings. The molecule has 2 unspecified atom stereocenters. The van der Waals surface area contributed by atoms with E-state index in [-0.39, 0.29) is 6.61 Å². The van der Waals surface area contributed by atoms with E-state index in [1.54, 1.807) is 0 Å². The van der Waals surface area contributed by atoms with Crippen LogP contribution in [0.3, 0.4) is 0 Å². The summed E-state index contributed by atoms with van der Waals surface area (Å²) in [5.74, 6) is 0.858. The normalized spacial score (nSPS) is 22.5. The molecule has 2 N–H and O–H groups in total. The summed E-state index contributed by atoms with van der Waals surface area (Å²) in [5, 5.41) is 12.7. The van der Waals surface area contributed by atoms with Crippen molar-refractivity contribution in [1.82, 2.24) is 0 Å². The molecule has 0 aromatic heterocycles. The van der Waals surface area contributed by atoms with Gasteiger partial charge in [-0.05, 0) is 56.4 Å². The topological polar surface area (TPSA) is 35.5 Å². The second-order valence-corrected chi connectivity index (χ2v) is 5.61. The summed E-state index contributed by atoms with van der Waals surface area (Å²) in [4.78, 5) is 2.18. The van der Waals surface area contributed by atoms with Gasteiger partial charge in [-0.3, -0.25) is 0 Å². The Kier molecular flexibility index (Phi) is 5.08. The summed E-state index contributed by atoms with van der Waals surface area (Å²) in [6.07, 6.45) is 3.91. The minimum Gasteiger partial charge on any atom is -0.395 e. The molecule has 1 saturated carbocycles. The highest BCUT2D eigenvalue weighted by Crippen LogP contribution is 2.28. The summed E-state index contributed by atoms with van der Waals surface area (Å²) in [7, 11) is 0. The molecule has 2 rings (SSSR count). The molecule has 3 heteroatoms. The summed E-state index contributed by atoms with van der Waals surface area (Å²) in [5.41, 5.74) is 2.39. The van der Waals surface area contributed by atoms with Crippen molar-refractivity contribution >= 4 is 11.4 Å². The van der Waals surface area contributed by atoms with Crippen molar-refractivity contribution in [3.05, 3.63) is 24.3 Å². The largest absolute Gasteiger partial charge is 0.395 e. The van der Waals surface area contributed by atoms with Crippen LogP contribution in [-0.4, -0.2) is 30.8 Å². The van der Waals surface area contributed by atoms with Crippen LogP contribution in [0.2, 0.25) is 0 Å². The highest BCUT2D eigenvalue weighted by Gasteiger charge is 2.20. The Morgan fingerprint density at radius 2 is 2.00 bits per heavy atom. The van der Waals surface area contributed by atoms with Gasteiger partial charge in [0.05, 0.1) is 6.61 Å². The van der Waals surface area contributed by atoms with Gasteiger partial charge < -0.3 is 15.3 Å². The van der Waals surface area contributed by atoms with Gasteiger partial charge in [-0.15, -0.1) is 0 Å². The van der Waals surface area contributed by atoms with Crippen molar-refractivity contribution in [1.29, 1.82) is 0 Å². The number of rotatable bonds is 6. The van der Waals surface area contributed by atoms with E-state index < -0.39 is 0 Å². The van der Waals surface area contributed by atoms with Crippen molar-refractivity contribution in [2.24, 2.45) is 5.92 Å². The lowest BCUT2D eigenvalue weighted by Crippen LogP contribution is -2.26. The van der Waals surface area contributed by atoms with Gasteiger partial charge >= 0.3 is 0 Å². The first kappa shape index (κ1) is 14.2. The van der Waals surface area contributed by atoms with E-state index in [9.17, 15) is 0 Å². The van der Waals surface area contributed by atoms with Crippen LogP contribution in [-0.2, 0) is 0 Å². The van der Waals surface area contributed by atoms with Crippen LogP contribution in [0, 0.1) is 5.92 Å². The highest BCUT2D eigenvalue weighted by molar-refractivity contribution is 5.55. The summed E-state index contributed by atoms with van der Waals surface area (Å²) in [6.45, 7) is 6.27. The van der Waals surface area contributed by atoms with E-state index in [2.05, 4.69) is 48.3 Å². The number of aliphatic hydroxyl groups excluding tert-OH is 1. The summed E-state index contributed by atoms with van der Waals surface area (Å²) < 4.78 is 0. The van der Waals surface area contributed by atoms with E-state index in [0.717, 1.165) is 12.5 Å². The van der Waals surface area contributed by atoms with Gasteiger partial charge in [-0.2, -0.15) is 0 Å². The van der Waals surface area contributed by atoms with Gasteiger partial charge in [0.2, 0.25) is 0 Å². The van der Waals surface area contributed by atoms with Crippen LogP contribution in [0.4, 0.5) is 11.4 Å². The third-order valence-electron chi connectivity index (χ3n) is 4.05. The zero-order chi connectivity index (χ0) is 13.7. The van der Waals surface area contributed by atoms with Crippen LogP contribution in [0.25, 0.3) is 0 Å². The molecule has 0 radical (unpaired) electrons. The van der Waals surface area contributed by atoms with Gasteiger partial charge in [-0.1, -0.05) is 6.92 Å². The number of likely N-dealkylation sites (N-methyl/N-ethyl adjacent to an activating group) is 1. The molecule has 1 aliphatic rings. The summed E-state index contributed by atoms with van der Waals surface area (Å²) >= 11 is 0. The van der Waals surface area contributed by atoms with E-state index in [4.69, 9.17) is 5.11 Å². The Morgan fingerprint density at radius 1 is 1.26 bits per heavy atom. The Hall–Kier alpha value is -1.22. The predicted molar refractivity (Wildman–Crippen MR) is 81.8 cm³/mol. The number of hydrogen-bond acceptors (Lipinski definition) is 3. The number of hydrogen-bond donors (Lipinski definition) is 2. The second kappa shape index (κ2) is 6.80. The van der Waals surface area contributed by atoms with Crippen LogP contribution < -0.4 is 10.2 Å². The van der Waals surface area contributed by atoms with Crippen LogP contribution in [0.15, 0.2) is 24.3 Å². The summed E-state index contributed by atoms with van der Waals surface area (Å²) in [6, 6.07) is 9.22. The van der Waals surface area contributed by atoms with Gasteiger partial charge in [0.1, 0.15) is 0 Å². The number of anilines is 2. The number of aliphatic hydroxyl groups is 1. The third kappa shape index (κ3) is 3.87. The molecular weight excluding hydrogens is 236 g/mol. The van der Waals surface area contributed by atoms with Crippen LogP contribution >= 0.6 is 0 Å². The lowest BCUT2D eigenvalue weighted by Gasteiger charge is -2.22. The lowest BCUT2D eigenvalue weighted by molar-refractivity contribution is 0.302. The maximum absolute atomic E-state index is 9.04. The number of nitrogens with one attached hydrogen (secondary N) is 1. The number of nitrogens with zero attached hydrogens (tertiary/aromatic N) is 1. The minimum absolute atomic E-state index is 0.202. The number of benzene rings is 1. The lowest BCUT2D eigenvalue weighted by atomic mass is 10.1. The van der Waals surface area contributed by atoms with Crippen molar-refractivity contribution < 1.29 is 5.11 Å². The predicted octanol–water partition coefficient (Wildman–Crippen LogP) is 3.11. The molecule has 0 aliphatic heterocycles. The smallest absolute Gasteiger partial charge is 0.0606 e. The molecule has 0 bridgehead atoms. The van der Waals surface area contributed by atoms with Crippen LogP contribution in [0.1, 0.15) is 33.1 Å². The van der Waals surface area contributed by atoms with E-state index >= 15 is 0 Å². The van der Waals surface area contributed by atoms with Crippen molar-refractivity contribution in [3.8, 4) is 0 Å². The fourth-order valence-electron chi connectivity index (χ4n) is 2.93. The Bertz CT molecular complexity index is 377. The van der Waals surface area contributed by atoms with Gasteiger partial charge in [0, 0.05) is 30.5 Å². The Balaban J connectivity index is 1.94. The Morgan fingerprint density at radius 3 is 2.53 bits per heavy atom. The third-order valence-corrected chi connectivity index (χ3v) is 4.05. The van der Waals surface area contributed by atoms with Crippen molar-refractivity contribution in [2.75, 3.05) is 29.9 Å². The standard InChI is InChI=1S/C16H26N2O/c1-3-18(10-11-19)16-8-6-14(7-9-16)17-15-5-4-13(2)12-15/h6-9,13,15,17,19H,3-5,10-12H2,1-2H3. The molecule has 0 heterocycles. The molecule has 106 valence electrons. The molecule has 1 aromatic carbocycles. The highest BCUT2D eigenvalue weighted by atomic mass is 16.3. The zero-order valence-electron chi connectivity index (χ0n) is 12.1. The zero-order valence-corrected chi connectivity index (χ0v) is 12.1. The molecule has 0 saturated heterocycles. The fourth-order valence-corrected chi connectivity index (χ4v) is 2.93. The molecule has 1 fully saturated rings. The monoisotopic (exact) mass is 262 g/mol. The second-order valence-electron chi connectivity index (χ2n) is 5.61. The first-order chi connectivity index (χ1) is 9.22. The van der Waals surface area contributed by atoms with E-state index in [1.807, 2.05) is 0 Å². The van der Waals surface area contributed by atoms with Gasteiger partial charge in [-0.25, -0.2) is 0 Å². The van der Waals surface area contributed by atoms with Crippen molar-refractivity contribution in [2.45, 2.75) is 39.2 Å². The SMILES string of the molecule is CCN(CCO)c1ccc(NC2CCC(C)C2)cc1. The van der Waals surface area contributed by atoms with Crippen LogP contribution in [0.5, 0.6) is 0 Å². The molecular formula is C16H26N2O. The molecule has 1 aliphatic carbocycles. The molecule has 3 nitrogen and oxygen atoms in total. The van der Waals surface area contributed by atoms with E-state index in [0.29, 0.717) is 12.6 Å². The first-order valence-electron chi connectivity index (χ1n) is 7.45. The average Bonchev–Trinajstić information content (AvgIpc) is 2.82. The van der Waals surface area contributed by atoms with Gasteiger partial charge in [0.25, 0.3) is 0 Å². The molecule has 0 spiro atoms. The van der Waals surface area contributed by atoms with Gasteiger partial charge in [0.15, 0.2) is 0 Å². The maximum Gasteiger partial charge on any atom is 0.0606 e. The molecule has 19 heavy (non-hydrogen) atoms. The Labute approximate surface area is 116 Å². The first-order valence-corrected chi connectivity index (χ1v) is 7.45. The van der Waals surface area contributed by atoms with Crippen molar-refractivity contribution in [3.63, 3.8) is 0 Å². The minimum atomic E-state index is 0.202. The maximum atomic E-state index is 9.04.